The van der Waals surface area contributed by atoms with E-state index in [1.165, 1.54) is 6.07 Å². The van der Waals surface area contributed by atoms with Crippen LogP contribution < -0.4 is 5.32 Å². The predicted octanol–water partition coefficient (Wildman–Crippen LogP) is 4.55. The molecule has 0 saturated carbocycles. The number of anilines is 1. The molecule has 35 heavy (non-hydrogen) atoms. The summed E-state index contributed by atoms with van der Waals surface area (Å²) in [4.78, 5) is 26.5. The number of carbonyl (C=O) groups is 2. The van der Waals surface area contributed by atoms with Gasteiger partial charge in [-0.05, 0) is 41.5 Å². The van der Waals surface area contributed by atoms with Crippen molar-refractivity contribution in [1.82, 2.24) is 9.78 Å². The van der Waals surface area contributed by atoms with Crippen LogP contribution in [0.15, 0.2) is 72.8 Å². The lowest BCUT2D eigenvalue weighted by atomic mass is 9.98. The minimum atomic E-state index is -1.60. The number of amides is 1. The van der Waals surface area contributed by atoms with Gasteiger partial charge in [0.2, 0.25) is 11.7 Å². The number of benzene rings is 3. The second kappa shape index (κ2) is 9.18. The van der Waals surface area contributed by atoms with Crippen LogP contribution >= 0.6 is 11.6 Å². The maximum Gasteiger partial charge on any atom is 0.249 e. The van der Waals surface area contributed by atoms with Gasteiger partial charge in [-0.2, -0.15) is 10.4 Å². The van der Waals surface area contributed by atoms with E-state index in [1.54, 1.807) is 22.9 Å². The molecule has 2 N–H and O–H groups in total. The monoisotopic (exact) mass is 482 g/mol. The summed E-state index contributed by atoms with van der Waals surface area (Å²) < 4.78 is 1.67. The molecule has 1 aliphatic carbocycles. The van der Waals surface area contributed by atoms with Gasteiger partial charge in [-0.1, -0.05) is 54.1 Å². The summed E-state index contributed by atoms with van der Waals surface area (Å²) in [6.45, 7) is -0.141. The van der Waals surface area contributed by atoms with Crippen LogP contribution in [0.5, 0.6) is 0 Å². The fourth-order valence-electron chi connectivity index (χ4n) is 4.39. The van der Waals surface area contributed by atoms with Crippen molar-refractivity contribution >= 4 is 29.0 Å². The first-order chi connectivity index (χ1) is 17.0. The van der Waals surface area contributed by atoms with Crippen molar-refractivity contribution < 1.29 is 14.7 Å². The summed E-state index contributed by atoms with van der Waals surface area (Å²) in [5, 5.41) is 27.2. The third-order valence-corrected chi connectivity index (χ3v) is 6.25. The fraction of sp³-hybridized carbons (Fsp3) is 0.111. The molecule has 5 rings (SSSR count). The number of aromatic nitrogens is 2. The van der Waals surface area contributed by atoms with Crippen LogP contribution in [0.25, 0.3) is 16.9 Å². The van der Waals surface area contributed by atoms with Crippen molar-refractivity contribution in [3.8, 4) is 23.0 Å². The van der Waals surface area contributed by atoms with Crippen LogP contribution in [0, 0.1) is 17.2 Å². The zero-order valence-electron chi connectivity index (χ0n) is 18.4. The van der Waals surface area contributed by atoms with E-state index < -0.39 is 17.6 Å². The van der Waals surface area contributed by atoms with Gasteiger partial charge in [0, 0.05) is 28.3 Å². The molecule has 3 aromatic carbocycles. The molecule has 1 unspecified atom stereocenters. The number of nitrogens with zero attached hydrogens (tertiary/aromatic N) is 3. The summed E-state index contributed by atoms with van der Waals surface area (Å²) in [6, 6.07) is 23.2. The zero-order chi connectivity index (χ0) is 24.5. The van der Waals surface area contributed by atoms with Crippen molar-refractivity contribution in [2.75, 3.05) is 5.32 Å². The number of aliphatic hydroxyl groups excluding tert-OH is 1. The van der Waals surface area contributed by atoms with E-state index in [2.05, 4.69) is 10.4 Å². The molecule has 7 nitrogen and oxygen atoms in total. The highest BCUT2D eigenvalue weighted by Crippen LogP contribution is 2.41. The van der Waals surface area contributed by atoms with E-state index in [0.717, 1.165) is 28.1 Å². The molecule has 0 radical (unpaired) electrons. The maximum atomic E-state index is 13.5. The Morgan fingerprint density at radius 2 is 1.86 bits per heavy atom. The normalized spacial score (nSPS) is 12.4. The summed E-state index contributed by atoms with van der Waals surface area (Å²) in [6.07, 6.45) is 0.364. The number of Topliss-reactive ketones (excluding diaryl/α,β-unsaturated/α-hetero) is 1. The Hall–Kier alpha value is -4.25. The van der Waals surface area contributed by atoms with Crippen molar-refractivity contribution in [2.45, 2.75) is 13.0 Å². The Morgan fingerprint density at radius 1 is 1.09 bits per heavy atom. The van der Waals surface area contributed by atoms with Crippen molar-refractivity contribution in [2.24, 2.45) is 5.92 Å². The Bertz CT molecular complexity index is 1500. The maximum absolute atomic E-state index is 13.5. The van der Waals surface area contributed by atoms with Crippen LogP contribution in [-0.4, -0.2) is 26.6 Å². The number of nitrogens with one attached hydrogen (secondary N) is 1. The number of rotatable bonds is 6. The Balaban J connectivity index is 1.58. The van der Waals surface area contributed by atoms with Gasteiger partial charge in [-0.3, -0.25) is 9.59 Å². The summed E-state index contributed by atoms with van der Waals surface area (Å²) in [5.74, 6) is -3.04. The van der Waals surface area contributed by atoms with Gasteiger partial charge in [-0.15, -0.1) is 0 Å². The molecule has 4 aromatic rings. The van der Waals surface area contributed by atoms with E-state index in [1.807, 2.05) is 54.6 Å². The number of para-hydroxylation sites is 1. The number of carbonyl (C=O) groups excluding carboxylic acids is 2. The lowest BCUT2D eigenvalue weighted by Crippen LogP contribution is -2.29. The lowest BCUT2D eigenvalue weighted by Gasteiger charge is -2.11. The van der Waals surface area contributed by atoms with E-state index >= 15 is 0 Å². The SMILES string of the molecule is N#CC(C(=O)Nc1cccc(Cl)c1)C(=O)c1nn(-c2ccccc2)c2c1Cc1c(CO)cccc1-2. The number of fused-ring (bicyclic) bond motifs is 3. The number of hydrogen-bond acceptors (Lipinski definition) is 5. The summed E-state index contributed by atoms with van der Waals surface area (Å²) >= 11 is 5.98. The van der Waals surface area contributed by atoms with E-state index in [0.29, 0.717) is 22.7 Å². The minimum Gasteiger partial charge on any atom is -0.392 e. The van der Waals surface area contributed by atoms with Crippen LogP contribution in [0.3, 0.4) is 0 Å². The van der Waals surface area contributed by atoms with E-state index in [4.69, 9.17) is 11.6 Å². The zero-order valence-corrected chi connectivity index (χ0v) is 19.2. The molecule has 172 valence electrons. The molecule has 1 amide bonds. The van der Waals surface area contributed by atoms with Crippen LogP contribution in [-0.2, 0) is 17.8 Å². The molecule has 1 heterocycles. The average Bonchev–Trinajstić information content (AvgIpc) is 3.42. The molecule has 0 bridgehead atoms. The van der Waals surface area contributed by atoms with Gasteiger partial charge in [-0.25, -0.2) is 4.68 Å². The van der Waals surface area contributed by atoms with Gasteiger partial charge in [0.15, 0.2) is 5.92 Å². The first-order valence-electron chi connectivity index (χ1n) is 10.9. The Labute approximate surface area is 206 Å². The Kier molecular flexibility index (Phi) is 5.91. The summed E-state index contributed by atoms with van der Waals surface area (Å²) in [7, 11) is 0. The van der Waals surface area contributed by atoms with Crippen LogP contribution in [0.1, 0.15) is 27.2 Å². The van der Waals surface area contributed by atoms with Crippen molar-refractivity contribution in [1.29, 1.82) is 5.26 Å². The molecule has 0 spiro atoms. The first-order valence-corrected chi connectivity index (χ1v) is 11.3. The standard InChI is InChI=1S/C27H19ClN4O3/c28-17-7-5-8-18(12-17)30-27(35)23(14-29)26(34)24-22-13-21-16(15-33)6-4-11-20(21)25(22)32(31-24)19-9-2-1-3-10-19/h1-12,23,33H,13,15H2,(H,30,35). The van der Waals surface area contributed by atoms with Crippen LogP contribution in [0.4, 0.5) is 5.69 Å². The topological polar surface area (TPSA) is 108 Å². The van der Waals surface area contributed by atoms with Gasteiger partial charge in [0.1, 0.15) is 5.69 Å². The molecule has 1 aliphatic rings. The highest BCUT2D eigenvalue weighted by molar-refractivity contribution is 6.31. The molecule has 8 heteroatoms. The third kappa shape index (κ3) is 3.99. The van der Waals surface area contributed by atoms with Gasteiger partial charge in [0.25, 0.3) is 0 Å². The third-order valence-electron chi connectivity index (χ3n) is 6.02. The number of halogens is 1. The van der Waals surface area contributed by atoms with Crippen LogP contribution in [0.2, 0.25) is 5.02 Å². The predicted molar refractivity (Wildman–Crippen MR) is 131 cm³/mol. The van der Waals surface area contributed by atoms with Gasteiger partial charge < -0.3 is 10.4 Å². The Morgan fingerprint density at radius 3 is 2.57 bits per heavy atom. The molecular weight excluding hydrogens is 464 g/mol. The molecule has 0 aliphatic heterocycles. The first kappa shape index (κ1) is 22.5. The fourth-order valence-corrected chi connectivity index (χ4v) is 4.58. The average molecular weight is 483 g/mol. The second-order valence-electron chi connectivity index (χ2n) is 8.13. The largest absolute Gasteiger partial charge is 0.392 e. The van der Waals surface area contributed by atoms with E-state index in [-0.39, 0.29) is 12.3 Å². The number of nitriles is 1. The highest BCUT2D eigenvalue weighted by atomic mass is 35.5. The number of hydrogen-bond donors (Lipinski definition) is 2. The molecular formula is C27H19ClN4O3. The van der Waals surface area contributed by atoms with Crippen molar-refractivity contribution in [3.05, 3.63) is 100 Å². The smallest absolute Gasteiger partial charge is 0.249 e. The summed E-state index contributed by atoms with van der Waals surface area (Å²) in [5.41, 5.74) is 5.06. The van der Waals surface area contributed by atoms with Gasteiger partial charge in [0.05, 0.1) is 24.1 Å². The molecule has 1 atom stereocenters. The molecule has 0 fully saturated rings. The molecule has 0 saturated heterocycles. The van der Waals surface area contributed by atoms with E-state index in [9.17, 15) is 20.0 Å². The minimum absolute atomic E-state index is 0.0664. The quantitative estimate of drug-likeness (QED) is 0.272. The van der Waals surface area contributed by atoms with Crippen molar-refractivity contribution in [3.63, 3.8) is 0 Å². The number of ketones is 1. The highest BCUT2D eigenvalue weighted by Gasteiger charge is 2.37. The lowest BCUT2D eigenvalue weighted by molar-refractivity contribution is -0.117. The number of aliphatic hydroxyl groups is 1. The molecule has 1 aromatic heterocycles. The second-order valence-corrected chi connectivity index (χ2v) is 8.56. The van der Waals surface area contributed by atoms with Gasteiger partial charge >= 0.3 is 0 Å².